The molecule has 0 aliphatic rings. The van der Waals surface area contributed by atoms with Crippen LogP contribution in [-0.4, -0.2) is 29.8 Å². The molecule has 0 radical (unpaired) electrons. The molecule has 136 valence electrons. The number of rotatable bonds is 7. The number of methoxy groups -OCH3 is 1. The molecule has 26 heavy (non-hydrogen) atoms. The topological polar surface area (TPSA) is 83.7 Å². The van der Waals surface area contributed by atoms with Crippen molar-refractivity contribution in [3.8, 4) is 22.2 Å². The van der Waals surface area contributed by atoms with Gasteiger partial charge in [-0.1, -0.05) is 11.2 Å². The predicted molar refractivity (Wildman–Crippen MR) is 98.6 cm³/mol. The monoisotopic (exact) mass is 438 g/mol. The molecular formula is C17H15BrN2O5S. The van der Waals surface area contributed by atoms with E-state index in [0.717, 1.165) is 4.88 Å². The molecule has 1 aromatic carbocycles. The minimum Gasteiger partial charge on any atom is -0.492 e. The van der Waals surface area contributed by atoms with Gasteiger partial charge >= 0.3 is 5.97 Å². The fourth-order valence-corrected chi connectivity index (χ4v) is 3.43. The Kier molecular flexibility index (Phi) is 5.89. The zero-order chi connectivity index (χ0) is 18.5. The highest BCUT2D eigenvalue weighted by Gasteiger charge is 2.18. The largest absolute Gasteiger partial charge is 0.492 e. The molecule has 0 aliphatic heterocycles. The van der Waals surface area contributed by atoms with E-state index < -0.39 is 5.97 Å². The number of halogens is 1. The van der Waals surface area contributed by atoms with Crippen LogP contribution in [0.15, 0.2) is 38.6 Å². The Labute approximate surface area is 162 Å². The Morgan fingerprint density at radius 1 is 1.38 bits per heavy atom. The first-order valence-electron chi connectivity index (χ1n) is 7.66. The molecule has 0 saturated carbocycles. The highest BCUT2D eigenvalue weighted by molar-refractivity contribution is 9.10. The van der Waals surface area contributed by atoms with Crippen LogP contribution in [0.4, 0.5) is 0 Å². The first-order chi connectivity index (χ1) is 12.6. The Morgan fingerprint density at radius 2 is 2.23 bits per heavy atom. The summed E-state index contributed by atoms with van der Waals surface area (Å²) in [5, 5.41) is 5.79. The van der Waals surface area contributed by atoms with Crippen molar-refractivity contribution >= 4 is 33.2 Å². The predicted octanol–water partition coefficient (Wildman–Crippen LogP) is 4.32. The van der Waals surface area contributed by atoms with Crippen LogP contribution in [0.5, 0.6) is 11.5 Å². The third kappa shape index (κ3) is 4.05. The zero-order valence-corrected chi connectivity index (χ0v) is 16.4. The van der Waals surface area contributed by atoms with Crippen molar-refractivity contribution in [1.29, 1.82) is 0 Å². The minimum atomic E-state index is -0.537. The normalized spacial score (nSPS) is 10.6. The summed E-state index contributed by atoms with van der Waals surface area (Å²) in [5.74, 6) is 1.12. The Bertz CT molecular complexity index is 895. The molecule has 0 atom stereocenters. The molecule has 3 rings (SSSR count). The summed E-state index contributed by atoms with van der Waals surface area (Å²) in [6, 6.07) is 6.96. The lowest BCUT2D eigenvalue weighted by Crippen LogP contribution is -2.07. The van der Waals surface area contributed by atoms with Crippen molar-refractivity contribution in [3.63, 3.8) is 0 Å². The van der Waals surface area contributed by atoms with E-state index >= 15 is 0 Å². The second-order valence-corrected chi connectivity index (χ2v) is 6.79. The third-order valence-corrected chi connectivity index (χ3v) is 4.74. The fourth-order valence-electron chi connectivity index (χ4n) is 2.18. The molecule has 0 N–H and O–H groups in total. The SMILES string of the molecule is CCOc1cc(C(=O)OCc2nc(-c3cccs3)no2)cc(Br)c1OC. The van der Waals surface area contributed by atoms with Crippen molar-refractivity contribution in [1.82, 2.24) is 10.1 Å². The molecule has 7 nitrogen and oxygen atoms in total. The number of esters is 1. The maximum absolute atomic E-state index is 12.3. The average molecular weight is 439 g/mol. The number of hydrogen-bond donors (Lipinski definition) is 0. The van der Waals surface area contributed by atoms with Gasteiger partial charge in [-0.2, -0.15) is 4.98 Å². The van der Waals surface area contributed by atoms with Gasteiger partial charge in [0.15, 0.2) is 18.1 Å². The van der Waals surface area contributed by atoms with Crippen LogP contribution in [0.1, 0.15) is 23.2 Å². The standard InChI is InChI=1S/C17H15BrN2O5S/c1-3-23-12-8-10(7-11(18)15(12)22-2)17(21)24-9-14-19-16(20-25-14)13-5-4-6-26-13/h4-8H,3,9H2,1-2H3. The Morgan fingerprint density at radius 3 is 2.92 bits per heavy atom. The number of carbonyl (C=O) groups is 1. The van der Waals surface area contributed by atoms with Crippen molar-refractivity contribution < 1.29 is 23.5 Å². The molecule has 0 saturated heterocycles. The molecule has 0 spiro atoms. The molecule has 9 heteroatoms. The van der Waals surface area contributed by atoms with E-state index in [4.69, 9.17) is 18.7 Å². The molecule has 0 unspecified atom stereocenters. The zero-order valence-electron chi connectivity index (χ0n) is 14.0. The van der Waals surface area contributed by atoms with Gasteiger partial charge < -0.3 is 18.7 Å². The lowest BCUT2D eigenvalue weighted by molar-refractivity contribution is 0.0429. The van der Waals surface area contributed by atoms with Gasteiger partial charge in [-0.05, 0) is 46.4 Å². The van der Waals surface area contributed by atoms with E-state index in [2.05, 4.69) is 26.1 Å². The minimum absolute atomic E-state index is 0.120. The van der Waals surface area contributed by atoms with Crippen LogP contribution in [0.3, 0.4) is 0 Å². The quantitative estimate of drug-likeness (QED) is 0.507. The first kappa shape index (κ1) is 18.4. The van der Waals surface area contributed by atoms with Crippen LogP contribution in [0.25, 0.3) is 10.7 Å². The van der Waals surface area contributed by atoms with Gasteiger partial charge in [-0.3, -0.25) is 0 Å². The van der Waals surface area contributed by atoms with Gasteiger partial charge in [0.05, 0.1) is 28.6 Å². The summed E-state index contributed by atoms with van der Waals surface area (Å²) >= 11 is 4.86. The van der Waals surface area contributed by atoms with Crippen molar-refractivity contribution in [3.05, 3.63) is 45.6 Å². The second-order valence-electron chi connectivity index (χ2n) is 4.99. The Hall–Kier alpha value is -2.39. The summed E-state index contributed by atoms with van der Waals surface area (Å²) in [4.78, 5) is 17.4. The molecule has 2 aromatic heterocycles. The van der Waals surface area contributed by atoms with Crippen molar-refractivity contribution in [2.45, 2.75) is 13.5 Å². The molecule has 0 bridgehead atoms. The van der Waals surface area contributed by atoms with Crippen molar-refractivity contribution in [2.75, 3.05) is 13.7 Å². The smallest absolute Gasteiger partial charge is 0.338 e. The van der Waals surface area contributed by atoms with Crippen LogP contribution in [-0.2, 0) is 11.3 Å². The van der Waals surface area contributed by atoms with E-state index in [0.29, 0.717) is 34.0 Å². The van der Waals surface area contributed by atoms with Crippen LogP contribution >= 0.6 is 27.3 Å². The lowest BCUT2D eigenvalue weighted by Gasteiger charge is -2.12. The van der Waals surface area contributed by atoms with Crippen LogP contribution < -0.4 is 9.47 Å². The average Bonchev–Trinajstić information content (AvgIpc) is 3.31. The van der Waals surface area contributed by atoms with Gasteiger partial charge in [0.25, 0.3) is 5.89 Å². The molecule has 2 heterocycles. The maximum Gasteiger partial charge on any atom is 0.338 e. The van der Waals surface area contributed by atoms with Gasteiger partial charge in [-0.25, -0.2) is 4.79 Å². The molecular weight excluding hydrogens is 424 g/mol. The van der Waals surface area contributed by atoms with Gasteiger partial charge in [0.1, 0.15) is 0 Å². The number of ether oxygens (including phenoxy) is 3. The number of hydrogen-bond acceptors (Lipinski definition) is 8. The highest BCUT2D eigenvalue weighted by Crippen LogP contribution is 2.36. The summed E-state index contributed by atoms with van der Waals surface area (Å²) in [6.07, 6.45) is 0. The third-order valence-electron chi connectivity index (χ3n) is 3.29. The summed E-state index contributed by atoms with van der Waals surface area (Å²) < 4.78 is 21.7. The van der Waals surface area contributed by atoms with Crippen LogP contribution in [0.2, 0.25) is 0 Å². The number of aromatic nitrogens is 2. The molecule has 3 aromatic rings. The number of carbonyl (C=O) groups excluding carboxylic acids is 1. The van der Waals surface area contributed by atoms with Crippen molar-refractivity contribution in [2.24, 2.45) is 0 Å². The maximum atomic E-state index is 12.3. The van der Waals surface area contributed by atoms with E-state index in [9.17, 15) is 4.79 Å². The number of nitrogens with zero attached hydrogens (tertiary/aromatic N) is 2. The van der Waals surface area contributed by atoms with Gasteiger partial charge in [-0.15, -0.1) is 11.3 Å². The van der Waals surface area contributed by atoms with Gasteiger partial charge in [0, 0.05) is 0 Å². The lowest BCUT2D eigenvalue weighted by atomic mass is 10.2. The van der Waals surface area contributed by atoms with Gasteiger partial charge in [0.2, 0.25) is 5.82 Å². The number of thiophene rings is 1. The van der Waals surface area contributed by atoms with E-state index in [-0.39, 0.29) is 12.5 Å². The first-order valence-corrected chi connectivity index (χ1v) is 9.33. The van der Waals surface area contributed by atoms with E-state index in [1.807, 2.05) is 24.4 Å². The van der Waals surface area contributed by atoms with E-state index in [1.165, 1.54) is 18.4 Å². The number of benzene rings is 1. The summed E-state index contributed by atoms with van der Waals surface area (Å²) in [7, 11) is 1.53. The fraction of sp³-hybridized carbons (Fsp3) is 0.235. The highest BCUT2D eigenvalue weighted by atomic mass is 79.9. The molecule has 0 aliphatic carbocycles. The Balaban J connectivity index is 1.70. The molecule has 0 amide bonds. The summed E-state index contributed by atoms with van der Waals surface area (Å²) in [5.41, 5.74) is 0.319. The summed E-state index contributed by atoms with van der Waals surface area (Å²) in [6.45, 7) is 2.17. The molecule has 0 fully saturated rings. The second kappa shape index (κ2) is 8.33. The van der Waals surface area contributed by atoms with Crippen LogP contribution in [0, 0.1) is 0 Å². The van der Waals surface area contributed by atoms with E-state index in [1.54, 1.807) is 12.1 Å².